The summed E-state index contributed by atoms with van der Waals surface area (Å²) < 4.78 is 0. The third-order valence-electron chi connectivity index (χ3n) is 2.55. The van der Waals surface area contributed by atoms with Crippen molar-refractivity contribution in [2.75, 3.05) is 5.32 Å². The summed E-state index contributed by atoms with van der Waals surface area (Å²) in [7, 11) is 0. The second-order valence-corrected chi connectivity index (χ2v) is 4.14. The number of carboxylic acids is 1. The SMILES string of the molecule is CC(O)C(NC(=O)Nc1ccc(C#N)c(C#N)c1)C(=O)O. The van der Waals surface area contributed by atoms with Crippen molar-refractivity contribution in [3.63, 3.8) is 0 Å². The molecule has 0 spiro atoms. The number of aliphatic hydroxyl groups excluding tert-OH is 1. The predicted molar refractivity (Wildman–Crippen MR) is 71.1 cm³/mol. The molecule has 2 amide bonds. The number of nitrogens with one attached hydrogen (secondary N) is 2. The molecule has 0 bridgehead atoms. The van der Waals surface area contributed by atoms with E-state index in [0.29, 0.717) is 0 Å². The summed E-state index contributed by atoms with van der Waals surface area (Å²) in [5.74, 6) is -1.38. The van der Waals surface area contributed by atoms with E-state index in [9.17, 15) is 14.7 Å². The highest BCUT2D eigenvalue weighted by Gasteiger charge is 2.24. The molecule has 0 aliphatic rings. The average Bonchev–Trinajstić information content (AvgIpc) is 2.43. The fraction of sp³-hybridized carbons (Fsp3) is 0.231. The van der Waals surface area contributed by atoms with Crippen molar-refractivity contribution < 1.29 is 19.8 Å². The smallest absolute Gasteiger partial charge is 0.328 e. The number of hydrogen-bond acceptors (Lipinski definition) is 5. The molecule has 8 nitrogen and oxygen atoms in total. The van der Waals surface area contributed by atoms with Gasteiger partial charge in [-0.2, -0.15) is 10.5 Å². The number of benzene rings is 1. The van der Waals surface area contributed by atoms with E-state index in [2.05, 4.69) is 10.6 Å². The molecule has 0 fully saturated rings. The molecule has 21 heavy (non-hydrogen) atoms. The second-order valence-electron chi connectivity index (χ2n) is 4.14. The third-order valence-corrected chi connectivity index (χ3v) is 2.55. The van der Waals surface area contributed by atoms with Crippen LogP contribution in [0.5, 0.6) is 0 Å². The van der Waals surface area contributed by atoms with E-state index in [1.165, 1.54) is 25.1 Å². The van der Waals surface area contributed by atoms with E-state index in [1.54, 1.807) is 0 Å². The lowest BCUT2D eigenvalue weighted by molar-refractivity contribution is -0.141. The number of aliphatic hydroxyl groups is 1. The van der Waals surface area contributed by atoms with Gasteiger partial charge in [-0.15, -0.1) is 0 Å². The van der Waals surface area contributed by atoms with Gasteiger partial charge in [-0.1, -0.05) is 0 Å². The zero-order valence-corrected chi connectivity index (χ0v) is 11.0. The highest BCUT2D eigenvalue weighted by molar-refractivity contribution is 5.92. The monoisotopic (exact) mass is 288 g/mol. The van der Waals surface area contributed by atoms with Crippen molar-refractivity contribution in [3.05, 3.63) is 29.3 Å². The van der Waals surface area contributed by atoms with Gasteiger partial charge in [0.25, 0.3) is 0 Å². The van der Waals surface area contributed by atoms with Crippen LogP contribution in [0, 0.1) is 22.7 Å². The zero-order chi connectivity index (χ0) is 16.0. The first-order chi connectivity index (χ1) is 9.88. The lowest BCUT2D eigenvalue weighted by atomic mass is 10.1. The number of rotatable bonds is 4. The van der Waals surface area contributed by atoms with Gasteiger partial charge < -0.3 is 20.8 Å². The Morgan fingerprint density at radius 3 is 2.33 bits per heavy atom. The van der Waals surface area contributed by atoms with Crippen molar-refractivity contribution in [3.8, 4) is 12.1 Å². The number of carbonyl (C=O) groups excluding carboxylic acids is 1. The summed E-state index contributed by atoms with van der Waals surface area (Å²) in [6, 6.07) is 5.37. The molecule has 0 heterocycles. The number of hydrogen-bond donors (Lipinski definition) is 4. The van der Waals surface area contributed by atoms with E-state index in [1.807, 2.05) is 12.1 Å². The molecule has 2 unspecified atom stereocenters. The van der Waals surface area contributed by atoms with Crippen LogP contribution in [0.3, 0.4) is 0 Å². The molecule has 0 aliphatic heterocycles. The van der Waals surface area contributed by atoms with Crippen LogP contribution in [0.1, 0.15) is 18.1 Å². The standard InChI is InChI=1S/C13H12N4O4/c1-7(18)11(12(19)20)17-13(21)16-10-3-2-8(5-14)9(4-10)6-15/h2-4,7,11,18H,1H3,(H,19,20)(H2,16,17,21). The molecule has 2 atom stereocenters. The maximum atomic E-state index is 11.6. The van der Waals surface area contributed by atoms with Gasteiger partial charge in [-0.25, -0.2) is 9.59 Å². The molecule has 1 aromatic rings. The first kappa shape index (κ1) is 16.0. The van der Waals surface area contributed by atoms with Crippen LogP contribution in [-0.4, -0.2) is 34.4 Å². The lowest BCUT2D eigenvalue weighted by Crippen LogP contribution is -2.49. The summed E-state index contributed by atoms with van der Waals surface area (Å²) in [6.07, 6.45) is -1.27. The Balaban J connectivity index is 2.83. The summed E-state index contributed by atoms with van der Waals surface area (Å²) in [5.41, 5.74) is 0.467. The minimum atomic E-state index is -1.46. The number of amides is 2. The number of aliphatic carboxylic acids is 1. The Morgan fingerprint density at radius 2 is 1.86 bits per heavy atom. The van der Waals surface area contributed by atoms with Crippen molar-refractivity contribution in [2.24, 2.45) is 0 Å². The first-order valence-corrected chi connectivity index (χ1v) is 5.81. The lowest BCUT2D eigenvalue weighted by Gasteiger charge is -2.17. The summed E-state index contributed by atoms with van der Waals surface area (Å²) in [5, 5.41) is 40.1. The van der Waals surface area contributed by atoms with Crippen LogP contribution in [0.15, 0.2) is 18.2 Å². The van der Waals surface area contributed by atoms with Crippen molar-refractivity contribution in [1.29, 1.82) is 10.5 Å². The van der Waals surface area contributed by atoms with Crippen LogP contribution in [0.4, 0.5) is 10.5 Å². The van der Waals surface area contributed by atoms with Gasteiger partial charge in [-0.05, 0) is 25.1 Å². The number of carbonyl (C=O) groups is 2. The van der Waals surface area contributed by atoms with E-state index in [0.717, 1.165) is 0 Å². The predicted octanol–water partition coefficient (Wildman–Crippen LogP) is 0.385. The highest BCUT2D eigenvalue weighted by Crippen LogP contribution is 2.14. The van der Waals surface area contributed by atoms with E-state index < -0.39 is 24.1 Å². The Kier molecular flexibility index (Phi) is 5.24. The number of urea groups is 1. The van der Waals surface area contributed by atoms with Crippen LogP contribution in [0.25, 0.3) is 0 Å². The van der Waals surface area contributed by atoms with Gasteiger partial charge in [-0.3, -0.25) is 0 Å². The van der Waals surface area contributed by atoms with Crippen molar-refractivity contribution >= 4 is 17.7 Å². The van der Waals surface area contributed by atoms with Crippen LogP contribution in [0.2, 0.25) is 0 Å². The number of nitriles is 2. The fourth-order valence-electron chi connectivity index (χ4n) is 1.51. The minimum absolute atomic E-state index is 0.0839. The van der Waals surface area contributed by atoms with Gasteiger partial charge in [0, 0.05) is 5.69 Å². The number of carboxylic acid groups (broad SMARTS) is 1. The van der Waals surface area contributed by atoms with Crippen molar-refractivity contribution in [1.82, 2.24) is 5.32 Å². The third kappa shape index (κ3) is 4.20. The number of nitrogens with zero attached hydrogens (tertiary/aromatic N) is 2. The molecule has 8 heteroatoms. The topological polar surface area (TPSA) is 146 Å². The first-order valence-electron chi connectivity index (χ1n) is 5.81. The molecule has 4 N–H and O–H groups in total. The normalized spacial score (nSPS) is 12.4. The number of anilines is 1. The average molecular weight is 288 g/mol. The van der Waals surface area contributed by atoms with Crippen LogP contribution < -0.4 is 10.6 Å². The molecule has 0 aliphatic carbocycles. The summed E-state index contributed by atoms with van der Waals surface area (Å²) >= 11 is 0. The van der Waals surface area contributed by atoms with Gasteiger partial charge in [0.1, 0.15) is 12.1 Å². The van der Waals surface area contributed by atoms with Gasteiger partial charge >= 0.3 is 12.0 Å². The maximum absolute atomic E-state index is 11.6. The second kappa shape index (κ2) is 6.89. The molecule has 0 aromatic heterocycles. The van der Waals surface area contributed by atoms with E-state index in [4.69, 9.17) is 15.6 Å². The Labute approximate surface area is 120 Å². The van der Waals surface area contributed by atoms with Gasteiger partial charge in [0.15, 0.2) is 6.04 Å². The summed E-state index contributed by atoms with van der Waals surface area (Å²) in [4.78, 5) is 22.5. The molecular formula is C13H12N4O4. The molecule has 0 saturated heterocycles. The molecule has 0 saturated carbocycles. The Morgan fingerprint density at radius 1 is 1.24 bits per heavy atom. The van der Waals surface area contributed by atoms with Gasteiger partial charge in [0.05, 0.1) is 17.2 Å². The largest absolute Gasteiger partial charge is 0.480 e. The molecular weight excluding hydrogens is 276 g/mol. The minimum Gasteiger partial charge on any atom is -0.480 e. The Hall–Kier alpha value is -3.10. The molecule has 108 valence electrons. The van der Waals surface area contributed by atoms with Crippen LogP contribution >= 0.6 is 0 Å². The van der Waals surface area contributed by atoms with Crippen molar-refractivity contribution in [2.45, 2.75) is 19.1 Å². The maximum Gasteiger partial charge on any atom is 0.328 e. The van der Waals surface area contributed by atoms with E-state index >= 15 is 0 Å². The Bertz CT molecular complexity index is 643. The highest BCUT2D eigenvalue weighted by atomic mass is 16.4. The molecule has 1 aromatic carbocycles. The quantitative estimate of drug-likeness (QED) is 0.630. The zero-order valence-electron chi connectivity index (χ0n) is 11.0. The molecule has 0 radical (unpaired) electrons. The van der Waals surface area contributed by atoms with Crippen LogP contribution in [-0.2, 0) is 4.79 Å². The molecule has 1 rings (SSSR count). The summed E-state index contributed by atoms with van der Waals surface area (Å²) in [6.45, 7) is 1.23. The van der Waals surface area contributed by atoms with Gasteiger partial charge in [0.2, 0.25) is 0 Å². The fourth-order valence-corrected chi connectivity index (χ4v) is 1.51. The van der Waals surface area contributed by atoms with E-state index in [-0.39, 0.29) is 16.8 Å².